The van der Waals surface area contributed by atoms with Crippen LogP contribution in [0.3, 0.4) is 0 Å². The molecule has 1 N–H and O–H groups in total. The van der Waals surface area contributed by atoms with Gasteiger partial charge in [0.15, 0.2) is 0 Å². The molecule has 130 valence electrons. The predicted molar refractivity (Wildman–Crippen MR) is 86.6 cm³/mol. The summed E-state index contributed by atoms with van der Waals surface area (Å²) in [6.07, 6.45) is 6.94. The highest BCUT2D eigenvalue weighted by Gasteiger charge is 2.67. The molecule has 7 atom stereocenters. The number of rotatable bonds is 4. The Labute approximate surface area is 145 Å². The molecular weight excluding hydrogens is 320 g/mol. The molecule has 1 aromatic rings. The summed E-state index contributed by atoms with van der Waals surface area (Å²) in [4.78, 5) is 39.6. The lowest BCUT2D eigenvalue weighted by molar-refractivity contribution is -0.147. The van der Waals surface area contributed by atoms with E-state index in [2.05, 4.69) is 17.5 Å². The van der Waals surface area contributed by atoms with Crippen molar-refractivity contribution in [3.8, 4) is 0 Å². The molecule has 0 aromatic carbocycles. The lowest BCUT2D eigenvalue weighted by Crippen LogP contribution is -2.48. The summed E-state index contributed by atoms with van der Waals surface area (Å²) in [6, 6.07) is 2.72. The number of carbonyl (C=O) groups is 3. The lowest BCUT2D eigenvalue weighted by Gasteiger charge is -2.37. The fourth-order valence-electron chi connectivity index (χ4n) is 5.21. The average molecular weight is 340 g/mol. The summed E-state index contributed by atoms with van der Waals surface area (Å²) in [5.74, 6) is 0.948. The van der Waals surface area contributed by atoms with E-state index in [1.807, 2.05) is 0 Å². The second kappa shape index (κ2) is 5.07. The van der Waals surface area contributed by atoms with Gasteiger partial charge in [-0.25, -0.2) is 0 Å². The van der Waals surface area contributed by atoms with E-state index in [1.165, 1.54) is 11.2 Å². The smallest absolute Gasteiger partial charge is 0.243 e. The van der Waals surface area contributed by atoms with Gasteiger partial charge in [-0.2, -0.15) is 0 Å². The fraction of sp³-hybridized carbons (Fsp3) is 0.526. The molecule has 6 nitrogen and oxygen atoms in total. The molecule has 5 aliphatic rings. The molecule has 2 saturated carbocycles. The van der Waals surface area contributed by atoms with Crippen LogP contribution in [0.5, 0.6) is 0 Å². The summed E-state index contributed by atoms with van der Waals surface area (Å²) in [5, 5.41) is 2.75. The van der Waals surface area contributed by atoms with Crippen molar-refractivity contribution in [1.82, 2.24) is 10.2 Å². The Morgan fingerprint density at radius 1 is 1.24 bits per heavy atom. The molecule has 2 heterocycles. The van der Waals surface area contributed by atoms with E-state index in [-0.39, 0.29) is 47.9 Å². The van der Waals surface area contributed by atoms with Crippen molar-refractivity contribution in [3.63, 3.8) is 0 Å². The molecule has 0 unspecified atom stereocenters. The third-order valence-electron chi connectivity index (χ3n) is 6.48. The van der Waals surface area contributed by atoms with E-state index in [4.69, 9.17) is 4.42 Å². The van der Waals surface area contributed by atoms with Crippen LogP contribution in [0.15, 0.2) is 35.0 Å². The fourth-order valence-corrected chi connectivity index (χ4v) is 5.21. The zero-order chi connectivity index (χ0) is 17.3. The molecule has 2 bridgehead atoms. The monoisotopic (exact) mass is 340 g/mol. The highest BCUT2D eigenvalue weighted by atomic mass is 16.3. The van der Waals surface area contributed by atoms with E-state index in [0.29, 0.717) is 17.6 Å². The molecule has 4 aliphatic carbocycles. The molecule has 6 rings (SSSR count). The quantitative estimate of drug-likeness (QED) is 0.663. The van der Waals surface area contributed by atoms with E-state index < -0.39 is 6.04 Å². The Bertz CT molecular complexity index is 747. The van der Waals surface area contributed by atoms with Crippen LogP contribution in [0, 0.1) is 35.5 Å². The lowest BCUT2D eigenvalue weighted by atomic mass is 9.63. The Morgan fingerprint density at radius 3 is 2.44 bits per heavy atom. The van der Waals surface area contributed by atoms with Crippen LogP contribution in [0.4, 0.5) is 0 Å². The Morgan fingerprint density at radius 2 is 1.88 bits per heavy atom. The summed E-state index contributed by atoms with van der Waals surface area (Å²) >= 11 is 0. The van der Waals surface area contributed by atoms with E-state index in [9.17, 15) is 14.4 Å². The molecule has 0 spiro atoms. The van der Waals surface area contributed by atoms with Crippen LogP contribution >= 0.6 is 0 Å². The molecular formula is C19H20N2O4. The number of amides is 3. The standard InChI is InChI=1S/C19H20N2O4/c1-9(17(22)20-8-10-3-2-6-25-10)21-18(23)15-11-4-5-12(14-7-13(11)14)16(15)19(21)24/h2-6,9,11-16H,7-8H2,1H3,(H,20,22)/t9-,11+,12+,13+,14+,15-,16+/m1/s1. The number of hydrogen-bond acceptors (Lipinski definition) is 4. The normalized spacial score (nSPS) is 38.5. The highest BCUT2D eigenvalue weighted by Crippen LogP contribution is 2.65. The van der Waals surface area contributed by atoms with Gasteiger partial charge in [0, 0.05) is 0 Å². The number of furan rings is 1. The topological polar surface area (TPSA) is 79.6 Å². The van der Waals surface area contributed by atoms with Gasteiger partial charge in [0.05, 0.1) is 24.6 Å². The average Bonchev–Trinajstić information content (AvgIpc) is 3.21. The van der Waals surface area contributed by atoms with Crippen molar-refractivity contribution >= 4 is 17.7 Å². The molecule has 1 aromatic heterocycles. The maximum atomic E-state index is 13.0. The van der Waals surface area contributed by atoms with E-state index in [1.54, 1.807) is 19.1 Å². The van der Waals surface area contributed by atoms with Gasteiger partial charge in [0.25, 0.3) is 0 Å². The second-order valence-corrected chi connectivity index (χ2v) is 7.67. The van der Waals surface area contributed by atoms with Gasteiger partial charge >= 0.3 is 0 Å². The van der Waals surface area contributed by atoms with E-state index in [0.717, 1.165) is 6.42 Å². The van der Waals surface area contributed by atoms with Crippen molar-refractivity contribution in [1.29, 1.82) is 0 Å². The maximum Gasteiger partial charge on any atom is 0.243 e. The first-order valence-corrected chi connectivity index (χ1v) is 8.93. The number of allylic oxidation sites excluding steroid dienone is 2. The number of nitrogens with one attached hydrogen (secondary N) is 1. The van der Waals surface area contributed by atoms with Gasteiger partial charge in [-0.3, -0.25) is 19.3 Å². The molecule has 3 fully saturated rings. The van der Waals surface area contributed by atoms with Crippen LogP contribution in [0.2, 0.25) is 0 Å². The largest absolute Gasteiger partial charge is 0.467 e. The van der Waals surface area contributed by atoms with Crippen LogP contribution in [0.1, 0.15) is 19.1 Å². The molecule has 1 aliphatic heterocycles. The number of carbonyl (C=O) groups excluding carboxylic acids is 3. The van der Waals surface area contributed by atoms with Gasteiger partial charge in [-0.05, 0) is 49.1 Å². The van der Waals surface area contributed by atoms with Crippen LogP contribution in [-0.2, 0) is 20.9 Å². The Kier molecular flexibility index (Phi) is 3.03. The first kappa shape index (κ1) is 14.9. The highest BCUT2D eigenvalue weighted by molar-refractivity contribution is 6.09. The van der Waals surface area contributed by atoms with Gasteiger partial charge in [0.1, 0.15) is 11.8 Å². The van der Waals surface area contributed by atoms with E-state index >= 15 is 0 Å². The SMILES string of the molecule is C[C@H](C(=O)NCc1ccco1)N1C(=O)[C@@H]2[C@H]3C=C[C@@H]([C@@H]4C[C@@H]34)[C@@H]2C1=O. The minimum atomic E-state index is -0.795. The summed E-state index contributed by atoms with van der Waals surface area (Å²) in [5.41, 5.74) is 0. The minimum Gasteiger partial charge on any atom is -0.467 e. The predicted octanol–water partition coefficient (Wildman–Crippen LogP) is 1.34. The van der Waals surface area contributed by atoms with Crippen LogP contribution < -0.4 is 5.32 Å². The van der Waals surface area contributed by atoms with Gasteiger partial charge in [0.2, 0.25) is 17.7 Å². The summed E-state index contributed by atoms with van der Waals surface area (Å²) < 4.78 is 5.19. The number of likely N-dealkylation sites (tertiary alicyclic amines) is 1. The number of imide groups is 1. The maximum absolute atomic E-state index is 13.0. The van der Waals surface area contributed by atoms with Crippen molar-refractivity contribution in [2.45, 2.75) is 25.9 Å². The molecule has 0 radical (unpaired) electrons. The van der Waals surface area contributed by atoms with Crippen molar-refractivity contribution in [2.75, 3.05) is 0 Å². The molecule has 25 heavy (non-hydrogen) atoms. The Hall–Kier alpha value is -2.37. The second-order valence-electron chi connectivity index (χ2n) is 7.67. The van der Waals surface area contributed by atoms with Crippen LogP contribution in [0.25, 0.3) is 0 Å². The van der Waals surface area contributed by atoms with Gasteiger partial charge in [-0.1, -0.05) is 12.2 Å². The third kappa shape index (κ3) is 2.00. The zero-order valence-corrected chi connectivity index (χ0v) is 13.9. The van der Waals surface area contributed by atoms with Crippen molar-refractivity contribution < 1.29 is 18.8 Å². The number of nitrogens with zero attached hydrogens (tertiary/aromatic N) is 1. The van der Waals surface area contributed by atoms with Gasteiger partial charge in [-0.15, -0.1) is 0 Å². The minimum absolute atomic E-state index is 0.166. The molecule has 3 amide bonds. The first-order chi connectivity index (χ1) is 12.1. The Balaban J connectivity index is 1.33. The van der Waals surface area contributed by atoms with Gasteiger partial charge < -0.3 is 9.73 Å². The summed E-state index contributed by atoms with van der Waals surface area (Å²) in [6.45, 7) is 1.87. The third-order valence-corrected chi connectivity index (χ3v) is 6.48. The van der Waals surface area contributed by atoms with Crippen molar-refractivity contribution in [2.24, 2.45) is 35.5 Å². The molecule has 6 heteroatoms. The number of hydrogen-bond donors (Lipinski definition) is 1. The van der Waals surface area contributed by atoms with Crippen molar-refractivity contribution in [3.05, 3.63) is 36.3 Å². The first-order valence-electron chi connectivity index (χ1n) is 8.93. The van der Waals surface area contributed by atoms with Crippen LogP contribution in [-0.4, -0.2) is 28.7 Å². The summed E-state index contributed by atoms with van der Waals surface area (Å²) in [7, 11) is 0. The molecule has 1 saturated heterocycles. The zero-order valence-electron chi connectivity index (χ0n) is 13.9.